The average molecular weight is 438 g/mol. The van der Waals surface area contributed by atoms with E-state index in [0.717, 1.165) is 12.1 Å². The fraction of sp³-hybridized carbons (Fsp3) is 0.476. The Kier molecular flexibility index (Phi) is 6.99. The van der Waals surface area contributed by atoms with E-state index in [1.807, 2.05) is 4.90 Å². The molecular formula is C21H25F3N4O3. The van der Waals surface area contributed by atoms with Gasteiger partial charge in [-0.15, -0.1) is 0 Å². The Morgan fingerprint density at radius 2 is 2.03 bits per heavy atom. The van der Waals surface area contributed by atoms with Gasteiger partial charge in [0.15, 0.2) is 0 Å². The number of rotatable bonds is 6. The summed E-state index contributed by atoms with van der Waals surface area (Å²) in [6, 6.07) is 4.25. The maximum atomic E-state index is 12.9. The molecule has 3 rings (SSSR count). The van der Waals surface area contributed by atoms with Crippen LogP contribution in [-0.4, -0.2) is 42.2 Å². The molecule has 0 bridgehead atoms. The maximum absolute atomic E-state index is 12.9. The molecule has 31 heavy (non-hydrogen) atoms. The number of benzene rings is 1. The number of alkyl halides is 3. The van der Waals surface area contributed by atoms with E-state index in [0.29, 0.717) is 49.1 Å². The van der Waals surface area contributed by atoms with Crippen molar-refractivity contribution in [3.8, 4) is 0 Å². The molecule has 2 heterocycles. The van der Waals surface area contributed by atoms with Crippen LogP contribution in [0.25, 0.3) is 0 Å². The lowest BCUT2D eigenvalue weighted by Crippen LogP contribution is -2.38. The highest BCUT2D eigenvalue weighted by atomic mass is 19.4. The molecule has 1 aromatic heterocycles. The predicted octanol–water partition coefficient (Wildman–Crippen LogP) is 2.74. The van der Waals surface area contributed by atoms with E-state index in [2.05, 4.69) is 15.3 Å². The van der Waals surface area contributed by atoms with Crippen LogP contribution in [0.3, 0.4) is 0 Å². The summed E-state index contributed by atoms with van der Waals surface area (Å²) < 4.78 is 44.0. The van der Waals surface area contributed by atoms with Crippen molar-refractivity contribution in [2.75, 3.05) is 31.2 Å². The van der Waals surface area contributed by atoms with Crippen LogP contribution in [0.4, 0.5) is 19.1 Å². The highest BCUT2D eigenvalue weighted by molar-refractivity contribution is 5.76. The summed E-state index contributed by atoms with van der Waals surface area (Å²) in [6.07, 6.45) is -4.25. The molecule has 1 atom stereocenters. The summed E-state index contributed by atoms with van der Waals surface area (Å²) in [4.78, 5) is 34.0. The van der Waals surface area contributed by atoms with Crippen molar-refractivity contribution in [2.24, 2.45) is 0 Å². The first kappa shape index (κ1) is 22.8. The van der Waals surface area contributed by atoms with Crippen molar-refractivity contribution in [3.63, 3.8) is 0 Å². The summed E-state index contributed by atoms with van der Waals surface area (Å²) >= 11 is 0. The number of anilines is 1. The summed E-state index contributed by atoms with van der Waals surface area (Å²) in [5, 5.41) is 2.69. The molecule has 0 radical (unpaired) electrons. The Morgan fingerprint density at radius 3 is 2.68 bits per heavy atom. The van der Waals surface area contributed by atoms with Gasteiger partial charge in [0.1, 0.15) is 0 Å². The number of nitrogens with zero attached hydrogens (tertiary/aromatic N) is 2. The zero-order valence-electron chi connectivity index (χ0n) is 17.4. The number of H-pyrrole nitrogens is 1. The fourth-order valence-electron chi connectivity index (χ4n) is 3.43. The number of aryl methyl sites for hydroxylation is 1. The second-order valence-electron chi connectivity index (χ2n) is 7.47. The van der Waals surface area contributed by atoms with Crippen molar-refractivity contribution in [3.05, 3.63) is 57.0 Å². The molecule has 1 saturated heterocycles. The van der Waals surface area contributed by atoms with Gasteiger partial charge in [0, 0.05) is 30.8 Å². The number of halogens is 3. The topological polar surface area (TPSA) is 87.3 Å². The molecule has 0 spiro atoms. The molecule has 2 aromatic rings. The number of hydrogen-bond acceptors (Lipinski definition) is 5. The van der Waals surface area contributed by atoms with Crippen molar-refractivity contribution in [2.45, 2.75) is 38.9 Å². The molecule has 1 aliphatic rings. The van der Waals surface area contributed by atoms with Gasteiger partial charge >= 0.3 is 6.18 Å². The van der Waals surface area contributed by atoms with E-state index in [-0.39, 0.29) is 24.3 Å². The van der Waals surface area contributed by atoms with Gasteiger partial charge in [-0.25, -0.2) is 4.98 Å². The minimum atomic E-state index is -4.45. The Bertz CT molecular complexity index is 985. The van der Waals surface area contributed by atoms with Crippen LogP contribution >= 0.6 is 0 Å². The number of carbonyl (C=O) groups is 1. The van der Waals surface area contributed by atoms with Crippen molar-refractivity contribution >= 4 is 11.9 Å². The largest absolute Gasteiger partial charge is 0.416 e. The lowest BCUT2D eigenvalue weighted by molar-refractivity contribution is -0.137. The normalized spacial score (nSPS) is 15.6. The van der Waals surface area contributed by atoms with E-state index in [4.69, 9.17) is 4.74 Å². The standard InChI is InChI=1S/C21H25F3N4O3/c1-13(15-4-3-5-16(12-15)21(22,23)24)25-18(29)7-6-17-14(2)26-20(27-19(17)30)28-8-10-31-11-9-28/h3-5,12-13H,6-11H2,1-2H3,(H,25,29)(H,26,27,30). The number of aromatic amines is 1. The minimum Gasteiger partial charge on any atom is -0.378 e. The van der Waals surface area contributed by atoms with Crippen LogP contribution < -0.4 is 15.8 Å². The molecule has 1 fully saturated rings. The number of aromatic nitrogens is 2. The summed E-state index contributed by atoms with van der Waals surface area (Å²) in [5.74, 6) is 0.123. The van der Waals surface area contributed by atoms with E-state index < -0.39 is 17.8 Å². The average Bonchev–Trinajstić information content (AvgIpc) is 2.73. The van der Waals surface area contributed by atoms with Crippen LogP contribution in [-0.2, 0) is 22.1 Å². The number of morpholine rings is 1. The Morgan fingerprint density at radius 1 is 1.32 bits per heavy atom. The third-order valence-electron chi connectivity index (χ3n) is 5.21. The van der Waals surface area contributed by atoms with Gasteiger partial charge in [-0.2, -0.15) is 13.2 Å². The first-order chi connectivity index (χ1) is 14.6. The Balaban J connectivity index is 1.61. The molecule has 2 N–H and O–H groups in total. The van der Waals surface area contributed by atoms with Crippen molar-refractivity contribution in [1.29, 1.82) is 0 Å². The second kappa shape index (κ2) is 9.51. The number of hydrogen-bond donors (Lipinski definition) is 2. The molecule has 7 nitrogen and oxygen atoms in total. The number of nitrogens with one attached hydrogen (secondary N) is 2. The third-order valence-corrected chi connectivity index (χ3v) is 5.21. The van der Waals surface area contributed by atoms with Gasteiger partial charge in [-0.05, 0) is 38.0 Å². The molecule has 0 aliphatic carbocycles. The van der Waals surface area contributed by atoms with Gasteiger partial charge in [0.2, 0.25) is 11.9 Å². The van der Waals surface area contributed by atoms with E-state index >= 15 is 0 Å². The second-order valence-corrected chi connectivity index (χ2v) is 7.47. The highest BCUT2D eigenvalue weighted by Crippen LogP contribution is 2.30. The minimum absolute atomic E-state index is 0.0196. The van der Waals surface area contributed by atoms with E-state index in [1.54, 1.807) is 13.8 Å². The van der Waals surface area contributed by atoms with Gasteiger partial charge < -0.3 is 15.0 Å². The van der Waals surface area contributed by atoms with Gasteiger partial charge in [0.05, 0.1) is 24.8 Å². The van der Waals surface area contributed by atoms with Gasteiger partial charge in [0.25, 0.3) is 5.56 Å². The summed E-state index contributed by atoms with van der Waals surface area (Å²) in [7, 11) is 0. The first-order valence-corrected chi connectivity index (χ1v) is 10.0. The van der Waals surface area contributed by atoms with Crippen LogP contribution in [0, 0.1) is 6.92 Å². The smallest absolute Gasteiger partial charge is 0.378 e. The number of amides is 1. The first-order valence-electron chi connectivity index (χ1n) is 10.0. The SMILES string of the molecule is Cc1nc(N2CCOCC2)[nH]c(=O)c1CCC(=O)NC(C)c1cccc(C(F)(F)F)c1. The van der Waals surface area contributed by atoms with Crippen LogP contribution in [0.2, 0.25) is 0 Å². The van der Waals surface area contributed by atoms with Crippen LogP contribution in [0.1, 0.15) is 41.8 Å². The molecule has 0 saturated carbocycles. The summed E-state index contributed by atoms with van der Waals surface area (Å²) in [6.45, 7) is 5.74. The third kappa shape index (κ3) is 5.84. The van der Waals surface area contributed by atoms with E-state index in [9.17, 15) is 22.8 Å². The molecule has 1 amide bonds. The van der Waals surface area contributed by atoms with Crippen molar-refractivity contribution < 1.29 is 22.7 Å². The Labute approximate surface area is 177 Å². The zero-order valence-corrected chi connectivity index (χ0v) is 17.4. The lowest BCUT2D eigenvalue weighted by atomic mass is 10.0. The highest BCUT2D eigenvalue weighted by Gasteiger charge is 2.30. The molecule has 1 aliphatic heterocycles. The summed E-state index contributed by atoms with van der Waals surface area (Å²) in [5.41, 5.74) is 0.254. The van der Waals surface area contributed by atoms with Crippen LogP contribution in [0.5, 0.6) is 0 Å². The maximum Gasteiger partial charge on any atom is 0.416 e. The predicted molar refractivity (Wildman–Crippen MR) is 109 cm³/mol. The Hall–Kier alpha value is -2.88. The molecule has 168 valence electrons. The molecule has 1 aromatic carbocycles. The van der Waals surface area contributed by atoms with Gasteiger partial charge in [-0.1, -0.05) is 12.1 Å². The lowest BCUT2D eigenvalue weighted by Gasteiger charge is -2.27. The zero-order chi connectivity index (χ0) is 22.6. The number of carbonyl (C=O) groups excluding carboxylic acids is 1. The van der Waals surface area contributed by atoms with E-state index in [1.165, 1.54) is 12.1 Å². The monoisotopic (exact) mass is 438 g/mol. The molecule has 10 heteroatoms. The quantitative estimate of drug-likeness (QED) is 0.724. The molecular weight excluding hydrogens is 413 g/mol. The molecule has 1 unspecified atom stereocenters. The van der Waals surface area contributed by atoms with Crippen LogP contribution in [0.15, 0.2) is 29.1 Å². The van der Waals surface area contributed by atoms with Gasteiger partial charge in [-0.3, -0.25) is 14.6 Å². The fourth-order valence-corrected chi connectivity index (χ4v) is 3.43. The van der Waals surface area contributed by atoms with Crippen molar-refractivity contribution in [1.82, 2.24) is 15.3 Å². The number of ether oxygens (including phenoxy) is 1.